The number of halogens is 1. The number of rotatable bonds is 5. The van der Waals surface area contributed by atoms with Crippen molar-refractivity contribution in [1.82, 2.24) is 4.90 Å². The van der Waals surface area contributed by atoms with Crippen LogP contribution in [0, 0.1) is 5.92 Å². The average molecular weight is 311 g/mol. The van der Waals surface area contributed by atoms with Gasteiger partial charge in [-0.3, -0.25) is 4.90 Å². The highest BCUT2D eigenvalue weighted by Gasteiger charge is 2.27. The molecular weight excluding hydrogens is 288 g/mol. The quantitative estimate of drug-likeness (QED) is 0.908. The Morgan fingerprint density at radius 1 is 1.33 bits per heavy atom. The summed E-state index contributed by atoms with van der Waals surface area (Å²) in [6.07, 6.45) is 3.55. The Morgan fingerprint density at radius 3 is 2.81 bits per heavy atom. The third kappa shape index (κ3) is 3.44. The van der Waals surface area contributed by atoms with Gasteiger partial charge in [-0.15, -0.1) is 0 Å². The Bertz CT molecular complexity index is 505. The van der Waals surface area contributed by atoms with Crippen molar-refractivity contribution < 1.29 is 9.47 Å². The maximum absolute atomic E-state index is 6.38. The van der Waals surface area contributed by atoms with Gasteiger partial charge in [-0.25, -0.2) is 0 Å². The first-order valence-electron chi connectivity index (χ1n) is 7.68. The molecule has 1 aliphatic heterocycles. The molecule has 1 aromatic carbocycles. The minimum absolute atomic E-state index is 0.167. The van der Waals surface area contributed by atoms with Gasteiger partial charge in [0.05, 0.1) is 18.2 Å². The van der Waals surface area contributed by atoms with Gasteiger partial charge in [0.25, 0.3) is 0 Å². The molecular formula is C16H23ClN2O2. The summed E-state index contributed by atoms with van der Waals surface area (Å²) >= 11 is 6.38. The van der Waals surface area contributed by atoms with Crippen LogP contribution in [0.1, 0.15) is 30.9 Å². The molecule has 0 aromatic heterocycles. The van der Waals surface area contributed by atoms with Crippen molar-refractivity contribution in [2.75, 3.05) is 33.4 Å². The van der Waals surface area contributed by atoms with Crippen LogP contribution >= 0.6 is 11.6 Å². The molecule has 1 saturated carbocycles. The number of hydrogen-bond acceptors (Lipinski definition) is 4. The first-order valence-corrected chi connectivity index (χ1v) is 8.06. The predicted molar refractivity (Wildman–Crippen MR) is 84.2 cm³/mol. The van der Waals surface area contributed by atoms with Crippen LogP contribution in [0.25, 0.3) is 0 Å². The second-order valence-electron chi connectivity index (χ2n) is 6.01. The third-order valence-electron chi connectivity index (χ3n) is 4.21. The number of benzene rings is 1. The standard InChI is InChI=1S/C16H23ClN2O2/c1-19(10-11-3-4-11)14(9-18)12-7-13(17)16-15(8-12)20-5-2-6-21-16/h7-8,11,14H,2-6,9-10,18H2,1H3. The number of likely N-dealkylation sites (N-methyl/N-ethyl adjacent to an activating group) is 1. The minimum Gasteiger partial charge on any atom is -0.489 e. The van der Waals surface area contributed by atoms with Crippen molar-refractivity contribution in [3.05, 3.63) is 22.7 Å². The molecule has 0 saturated heterocycles. The Hall–Kier alpha value is -0.970. The van der Waals surface area contributed by atoms with Gasteiger partial charge in [0.15, 0.2) is 11.5 Å². The maximum Gasteiger partial charge on any atom is 0.179 e. The molecule has 1 atom stereocenters. The molecule has 21 heavy (non-hydrogen) atoms. The summed E-state index contributed by atoms with van der Waals surface area (Å²) in [7, 11) is 2.13. The lowest BCUT2D eigenvalue weighted by molar-refractivity contribution is 0.239. The second kappa shape index (κ2) is 6.42. The molecule has 1 aromatic rings. The Kier molecular flexibility index (Phi) is 4.57. The molecule has 3 rings (SSSR count). The molecule has 116 valence electrons. The first-order chi connectivity index (χ1) is 10.2. The van der Waals surface area contributed by atoms with E-state index in [9.17, 15) is 0 Å². The average Bonchev–Trinajstić information content (AvgIpc) is 3.26. The fourth-order valence-corrected chi connectivity index (χ4v) is 3.12. The zero-order valence-corrected chi connectivity index (χ0v) is 13.2. The Morgan fingerprint density at radius 2 is 2.10 bits per heavy atom. The lowest BCUT2D eigenvalue weighted by Crippen LogP contribution is -2.32. The topological polar surface area (TPSA) is 47.7 Å². The summed E-state index contributed by atoms with van der Waals surface area (Å²) in [4.78, 5) is 2.33. The summed E-state index contributed by atoms with van der Waals surface area (Å²) in [5.74, 6) is 2.24. The lowest BCUT2D eigenvalue weighted by atomic mass is 10.0. The van der Waals surface area contributed by atoms with Crippen LogP contribution in [0.15, 0.2) is 12.1 Å². The van der Waals surface area contributed by atoms with E-state index >= 15 is 0 Å². The van der Waals surface area contributed by atoms with E-state index in [1.54, 1.807) is 0 Å². The molecule has 0 radical (unpaired) electrons. The van der Waals surface area contributed by atoms with E-state index < -0.39 is 0 Å². The van der Waals surface area contributed by atoms with Crippen LogP contribution in [0.2, 0.25) is 5.02 Å². The summed E-state index contributed by atoms with van der Waals surface area (Å²) in [6, 6.07) is 4.17. The summed E-state index contributed by atoms with van der Waals surface area (Å²) in [5.41, 5.74) is 7.11. The van der Waals surface area contributed by atoms with E-state index in [0.717, 1.165) is 30.2 Å². The van der Waals surface area contributed by atoms with Gasteiger partial charge in [-0.05, 0) is 43.5 Å². The molecule has 1 fully saturated rings. The van der Waals surface area contributed by atoms with Crippen LogP contribution in [-0.4, -0.2) is 38.3 Å². The smallest absolute Gasteiger partial charge is 0.179 e. The molecule has 0 bridgehead atoms. The molecule has 1 unspecified atom stereocenters. The van der Waals surface area contributed by atoms with Crippen LogP contribution in [0.3, 0.4) is 0 Å². The van der Waals surface area contributed by atoms with Crippen LogP contribution < -0.4 is 15.2 Å². The van der Waals surface area contributed by atoms with Gasteiger partial charge in [0, 0.05) is 25.6 Å². The number of nitrogens with two attached hydrogens (primary N) is 1. The predicted octanol–water partition coefficient (Wildman–Crippen LogP) is 2.84. The van der Waals surface area contributed by atoms with Gasteiger partial charge in [0.1, 0.15) is 0 Å². The van der Waals surface area contributed by atoms with Gasteiger partial charge in [-0.2, -0.15) is 0 Å². The first kappa shape index (κ1) is 14.9. The van der Waals surface area contributed by atoms with Crippen molar-refractivity contribution >= 4 is 11.6 Å². The number of hydrogen-bond donors (Lipinski definition) is 1. The highest BCUT2D eigenvalue weighted by atomic mass is 35.5. The molecule has 1 aliphatic carbocycles. The maximum atomic E-state index is 6.38. The van der Waals surface area contributed by atoms with Gasteiger partial charge in [-0.1, -0.05) is 11.6 Å². The van der Waals surface area contributed by atoms with E-state index in [2.05, 4.69) is 11.9 Å². The minimum atomic E-state index is 0.167. The molecule has 5 heteroatoms. The third-order valence-corrected chi connectivity index (χ3v) is 4.49. The van der Waals surface area contributed by atoms with E-state index in [-0.39, 0.29) is 6.04 Å². The lowest BCUT2D eigenvalue weighted by Gasteiger charge is -2.28. The molecule has 2 N–H and O–H groups in total. The fourth-order valence-electron chi connectivity index (χ4n) is 2.85. The second-order valence-corrected chi connectivity index (χ2v) is 6.42. The fraction of sp³-hybridized carbons (Fsp3) is 0.625. The van der Waals surface area contributed by atoms with Crippen molar-refractivity contribution in [3.63, 3.8) is 0 Å². The van der Waals surface area contributed by atoms with Crippen molar-refractivity contribution in [2.45, 2.75) is 25.3 Å². The monoisotopic (exact) mass is 310 g/mol. The normalized spacial score (nSPS) is 19.4. The SMILES string of the molecule is CN(CC1CC1)C(CN)c1cc(Cl)c2c(c1)OCCCO2. The molecule has 2 aliphatic rings. The number of nitrogens with zero attached hydrogens (tertiary/aromatic N) is 1. The van der Waals surface area contributed by atoms with Gasteiger partial charge < -0.3 is 15.2 Å². The Labute approximate surface area is 131 Å². The largest absolute Gasteiger partial charge is 0.489 e. The number of fused-ring (bicyclic) bond motifs is 1. The van der Waals surface area contributed by atoms with Crippen LogP contribution in [-0.2, 0) is 0 Å². The highest BCUT2D eigenvalue weighted by Crippen LogP contribution is 2.40. The zero-order chi connectivity index (χ0) is 14.8. The molecule has 0 amide bonds. The van der Waals surface area contributed by atoms with E-state index in [0.29, 0.717) is 30.5 Å². The van der Waals surface area contributed by atoms with E-state index in [1.807, 2.05) is 12.1 Å². The van der Waals surface area contributed by atoms with E-state index in [4.69, 9.17) is 26.8 Å². The summed E-state index contributed by atoms with van der Waals surface area (Å²) in [6.45, 7) is 2.97. The molecule has 4 nitrogen and oxygen atoms in total. The molecule has 0 spiro atoms. The molecule has 1 heterocycles. The van der Waals surface area contributed by atoms with Crippen LogP contribution in [0.4, 0.5) is 0 Å². The summed E-state index contributed by atoms with van der Waals surface area (Å²) < 4.78 is 11.4. The van der Waals surface area contributed by atoms with Gasteiger partial charge >= 0.3 is 0 Å². The van der Waals surface area contributed by atoms with Crippen molar-refractivity contribution in [2.24, 2.45) is 11.7 Å². The zero-order valence-electron chi connectivity index (χ0n) is 12.5. The summed E-state index contributed by atoms with van der Waals surface area (Å²) in [5, 5.41) is 0.614. The van der Waals surface area contributed by atoms with Crippen LogP contribution in [0.5, 0.6) is 11.5 Å². The van der Waals surface area contributed by atoms with E-state index in [1.165, 1.54) is 12.8 Å². The van der Waals surface area contributed by atoms with Crippen molar-refractivity contribution in [1.29, 1.82) is 0 Å². The van der Waals surface area contributed by atoms with Gasteiger partial charge in [0.2, 0.25) is 0 Å². The van der Waals surface area contributed by atoms with Crippen molar-refractivity contribution in [3.8, 4) is 11.5 Å². The number of ether oxygens (including phenoxy) is 2. The Balaban J connectivity index is 1.85. The highest BCUT2D eigenvalue weighted by molar-refractivity contribution is 6.32.